The Kier molecular flexibility index (Phi) is 13.5. The quantitative estimate of drug-likeness (QED) is 0.0582. The molecule has 4 aromatic heterocycles. The first-order valence-electron chi connectivity index (χ1n) is 21.1. The summed E-state index contributed by atoms with van der Waals surface area (Å²) in [6, 6.07) is 11.7. The maximum Gasteiger partial charge on any atom is 0.329 e. The molecule has 2 fully saturated rings. The number of hydrogen-bond acceptors (Lipinski definition) is 12. The Morgan fingerprint density at radius 2 is 1.78 bits per heavy atom. The Labute approximate surface area is 368 Å². The molecule has 18 nitrogen and oxygen atoms in total. The summed E-state index contributed by atoms with van der Waals surface area (Å²) >= 11 is 0. The van der Waals surface area contributed by atoms with Gasteiger partial charge in [0, 0.05) is 51.0 Å². The highest BCUT2D eigenvalue weighted by Crippen LogP contribution is 2.31. The van der Waals surface area contributed by atoms with Crippen LogP contribution in [0.5, 0.6) is 0 Å². The number of carbonyl (C=O) groups is 4. The molecule has 2 aliphatic rings. The molecule has 1 atom stereocenters. The number of benzene rings is 2. The lowest BCUT2D eigenvalue weighted by molar-refractivity contribution is -0.135. The number of halogens is 3. The molecule has 0 radical (unpaired) electrons. The standard InChI is InChI=1S/C44H45F3N10O8/c1-55-35-19-25(6-9-33(35)57(44(55)62)34-10-11-37(58)53-42(34)61)3-2-15-63-17-18-64-16-14-49-40(59)29-8-7-28(21-30(29)45)56-23-31(38(54-56)39(46)47)51-41(60)32-24-65-43(52-32)27-12-13-48-36(20-27)50-22-26-4-5-26/h6-9,12-13,19-21,23-24,26,34,39H,2-5,10-11,14-18,22H2,1H3,(H,48,50)(H,49,59)(H,51,60)(H,53,58,61). The van der Waals surface area contributed by atoms with Gasteiger partial charge >= 0.3 is 5.69 Å². The molecular weight excluding hydrogens is 854 g/mol. The van der Waals surface area contributed by atoms with E-state index < -0.39 is 41.7 Å². The van der Waals surface area contributed by atoms with Gasteiger partial charge in [-0.3, -0.25) is 33.6 Å². The van der Waals surface area contributed by atoms with Crippen LogP contribution in [0.15, 0.2) is 76.4 Å². The normalized spacial score (nSPS) is 15.1. The van der Waals surface area contributed by atoms with Crippen molar-refractivity contribution >= 4 is 46.2 Å². The smallest absolute Gasteiger partial charge is 0.329 e. The average molecular weight is 899 g/mol. The fraction of sp³-hybridized carbons (Fsp3) is 0.364. The van der Waals surface area contributed by atoms with E-state index in [0.29, 0.717) is 54.4 Å². The van der Waals surface area contributed by atoms with Crippen molar-refractivity contribution < 1.29 is 46.2 Å². The number of nitrogens with zero attached hydrogens (tertiary/aromatic N) is 6. The summed E-state index contributed by atoms with van der Waals surface area (Å²) < 4.78 is 63.9. The first-order valence-corrected chi connectivity index (χ1v) is 21.1. The van der Waals surface area contributed by atoms with E-state index in [-0.39, 0.29) is 72.7 Å². The van der Waals surface area contributed by atoms with Crippen LogP contribution in [-0.2, 0) is 32.5 Å². The summed E-state index contributed by atoms with van der Waals surface area (Å²) in [5.74, 6) is -1.93. The number of carbonyl (C=O) groups excluding carboxylic acids is 4. The van der Waals surface area contributed by atoms with Crippen molar-refractivity contribution in [2.45, 2.75) is 51.0 Å². The van der Waals surface area contributed by atoms with Gasteiger partial charge in [0.2, 0.25) is 17.7 Å². The number of alkyl halides is 2. The molecule has 1 aliphatic heterocycles. The highest BCUT2D eigenvalue weighted by atomic mass is 19.3. The van der Waals surface area contributed by atoms with E-state index in [1.165, 1.54) is 34.1 Å². The molecule has 1 aliphatic carbocycles. The number of oxazole rings is 1. The van der Waals surface area contributed by atoms with Gasteiger partial charge in [0.25, 0.3) is 18.2 Å². The summed E-state index contributed by atoms with van der Waals surface area (Å²) in [5.41, 5.74) is 0.984. The molecule has 65 heavy (non-hydrogen) atoms. The van der Waals surface area contributed by atoms with Crippen molar-refractivity contribution in [2.24, 2.45) is 13.0 Å². The van der Waals surface area contributed by atoms with Crippen molar-refractivity contribution in [2.75, 3.05) is 50.2 Å². The fourth-order valence-corrected chi connectivity index (χ4v) is 7.36. The van der Waals surface area contributed by atoms with Crippen LogP contribution in [0, 0.1) is 11.7 Å². The molecule has 6 aromatic rings. The second-order valence-electron chi connectivity index (χ2n) is 15.7. The molecule has 1 saturated carbocycles. The number of amides is 4. The van der Waals surface area contributed by atoms with Crippen LogP contribution in [-0.4, -0.2) is 92.0 Å². The number of nitrogens with one attached hydrogen (secondary N) is 4. The van der Waals surface area contributed by atoms with Crippen molar-refractivity contribution in [3.63, 3.8) is 0 Å². The van der Waals surface area contributed by atoms with Gasteiger partial charge in [-0.05, 0) is 80.0 Å². The monoisotopic (exact) mass is 898 g/mol. The molecule has 0 spiro atoms. The Bertz CT molecular complexity index is 2800. The molecule has 21 heteroatoms. The van der Waals surface area contributed by atoms with E-state index in [2.05, 4.69) is 36.3 Å². The van der Waals surface area contributed by atoms with E-state index in [1.807, 2.05) is 18.2 Å². The molecular formula is C44H45F3N10O8. The van der Waals surface area contributed by atoms with E-state index in [0.717, 1.165) is 35.3 Å². The number of rotatable bonds is 20. The zero-order chi connectivity index (χ0) is 45.6. The number of pyridine rings is 1. The number of imidazole rings is 1. The molecule has 2 aromatic carbocycles. The summed E-state index contributed by atoms with van der Waals surface area (Å²) in [7, 11) is 1.64. The summed E-state index contributed by atoms with van der Waals surface area (Å²) in [6.07, 6.45) is 4.83. The first-order chi connectivity index (χ1) is 31.4. The maximum absolute atomic E-state index is 15.2. The molecule has 5 heterocycles. The summed E-state index contributed by atoms with van der Waals surface area (Å²) in [4.78, 5) is 71.4. The third kappa shape index (κ3) is 10.5. The third-order valence-electron chi connectivity index (χ3n) is 11.0. The van der Waals surface area contributed by atoms with Gasteiger partial charge in [-0.15, -0.1) is 0 Å². The molecule has 0 bridgehead atoms. The second-order valence-corrected chi connectivity index (χ2v) is 15.7. The number of hydrogen-bond donors (Lipinski definition) is 4. The lowest BCUT2D eigenvalue weighted by Gasteiger charge is -2.21. The second kappa shape index (κ2) is 19.7. The summed E-state index contributed by atoms with van der Waals surface area (Å²) in [5, 5.41) is 14.4. The number of aromatic nitrogens is 6. The van der Waals surface area contributed by atoms with Crippen LogP contribution in [0.4, 0.5) is 24.7 Å². The minimum absolute atomic E-state index is 0.0204. The Morgan fingerprint density at radius 3 is 2.55 bits per heavy atom. The van der Waals surface area contributed by atoms with Crippen LogP contribution in [0.1, 0.15) is 76.7 Å². The van der Waals surface area contributed by atoms with Gasteiger partial charge in [-0.25, -0.2) is 32.6 Å². The van der Waals surface area contributed by atoms with Gasteiger partial charge in [0.15, 0.2) is 11.4 Å². The maximum atomic E-state index is 15.2. The lowest BCUT2D eigenvalue weighted by Crippen LogP contribution is -2.44. The highest BCUT2D eigenvalue weighted by molar-refractivity contribution is 6.03. The van der Waals surface area contributed by atoms with E-state index in [4.69, 9.17) is 13.9 Å². The minimum Gasteiger partial charge on any atom is -0.444 e. The number of aryl methyl sites for hydroxylation is 2. The zero-order valence-corrected chi connectivity index (χ0v) is 35.2. The average Bonchev–Trinajstić information content (AvgIpc) is 3.70. The molecule has 4 N–H and O–H groups in total. The van der Waals surface area contributed by atoms with Crippen molar-refractivity contribution in [1.82, 2.24) is 39.5 Å². The van der Waals surface area contributed by atoms with E-state index >= 15 is 4.39 Å². The number of ether oxygens (including phenoxy) is 2. The van der Waals surface area contributed by atoms with Crippen LogP contribution in [0.25, 0.3) is 28.2 Å². The Balaban J connectivity index is 0.756. The van der Waals surface area contributed by atoms with Gasteiger partial charge in [0.05, 0.1) is 54.0 Å². The zero-order valence-electron chi connectivity index (χ0n) is 35.2. The highest BCUT2D eigenvalue weighted by Gasteiger charge is 2.31. The SMILES string of the molecule is Cn1c(=O)n(C2CCC(=O)NC2=O)c2ccc(CCCOCCOCCNC(=O)c3ccc(-n4cc(NC(=O)c5coc(-c6ccnc(NCC7CC7)c6)n5)c(C(F)F)n4)cc3F)cc21. The van der Waals surface area contributed by atoms with Gasteiger partial charge in [0.1, 0.15) is 23.9 Å². The molecule has 1 unspecified atom stereocenters. The molecule has 1 saturated heterocycles. The number of anilines is 2. The van der Waals surface area contributed by atoms with Gasteiger partial charge in [-0.2, -0.15) is 5.10 Å². The van der Waals surface area contributed by atoms with Crippen LogP contribution < -0.4 is 27.0 Å². The number of piperidine rings is 1. The number of imide groups is 1. The predicted molar refractivity (Wildman–Crippen MR) is 228 cm³/mol. The van der Waals surface area contributed by atoms with Crippen molar-refractivity contribution in [3.05, 3.63) is 106 Å². The molecule has 8 rings (SSSR count). The minimum atomic E-state index is -3.09. The molecule has 340 valence electrons. The van der Waals surface area contributed by atoms with Crippen molar-refractivity contribution in [1.29, 1.82) is 0 Å². The Hall–Kier alpha value is -7.13. The first kappa shape index (κ1) is 44.5. The van der Waals surface area contributed by atoms with Crippen LogP contribution in [0.3, 0.4) is 0 Å². The lowest BCUT2D eigenvalue weighted by atomic mass is 10.1. The topological polar surface area (TPSA) is 219 Å². The number of fused-ring (bicyclic) bond motifs is 1. The van der Waals surface area contributed by atoms with Crippen LogP contribution in [0.2, 0.25) is 0 Å². The van der Waals surface area contributed by atoms with Crippen molar-refractivity contribution in [3.8, 4) is 17.1 Å². The Morgan fingerprint density at radius 1 is 0.969 bits per heavy atom. The predicted octanol–water partition coefficient (Wildman–Crippen LogP) is 5.10. The van der Waals surface area contributed by atoms with Gasteiger partial charge < -0.3 is 29.8 Å². The van der Waals surface area contributed by atoms with E-state index in [9.17, 15) is 32.8 Å². The summed E-state index contributed by atoms with van der Waals surface area (Å²) in [6.45, 7) is 1.98. The third-order valence-corrected chi connectivity index (χ3v) is 11.0. The fourth-order valence-electron chi connectivity index (χ4n) is 7.36. The van der Waals surface area contributed by atoms with Gasteiger partial charge in [-0.1, -0.05) is 6.07 Å². The van der Waals surface area contributed by atoms with Crippen LogP contribution >= 0.6 is 0 Å². The molecule has 4 amide bonds. The van der Waals surface area contributed by atoms with E-state index in [1.54, 1.807) is 25.4 Å². The largest absolute Gasteiger partial charge is 0.444 e.